The fraction of sp³-hybridized carbons (Fsp3) is 0.0556. The molecular formula is C18H12ClN5O3S. The molecule has 2 heterocycles. The fourth-order valence-electron chi connectivity index (χ4n) is 2.67. The van der Waals surface area contributed by atoms with Crippen LogP contribution in [0.1, 0.15) is 11.3 Å². The average Bonchev–Trinajstić information content (AvgIpc) is 3.20. The second-order valence-electron chi connectivity index (χ2n) is 5.93. The summed E-state index contributed by atoms with van der Waals surface area (Å²) in [6.07, 6.45) is 1.45. The third-order valence-electron chi connectivity index (χ3n) is 4.08. The summed E-state index contributed by atoms with van der Waals surface area (Å²) in [6, 6.07) is 11.3. The zero-order valence-electron chi connectivity index (χ0n) is 14.4. The monoisotopic (exact) mass is 413 g/mol. The Morgan fingerprint density at radius 1 is 1.29 bits per heavy atom. The number of nitro benzene ring substituents is 1. The number of nitrogens with one attached hydrogen (secondary N) is 1. The molecule has 0 bridgehead atoms. The molecule has 0 amide bonds. The van der Waals surface area contributed by atoms with Crippen molar-refractivity contribution in [3.05, 3.63) is 79.2 Å². The molecule has 0 radical (unpaired) electrons. The summed E-state index contributed by atoms with van der Waals surface area (Å²) in [6.45, 7) is 1.77. The van der Waals surface area contributed by atoms with Gasteiger partial charge in [-0.2, -0.15) is 0 Å². The lowest BCUT2D eigenvalue weighted by molar-refractivity contribution is -0.384. The van der Waals surface area contributed by atoms with E-state index < -0.39 is 4.92 Å². The maximum Gasteiger partial charge on any atom is 0.280 e. The summed E-state index contributed by atoms with van der Waals surface area (Å²) in [5.41, 5.74) is 2.08. The second-order valence-corrected chi connectivity index (χ2v) is 7.38. The number of nitro groups is 1. The number of aromatic amines is 1. The topological polar surface area (TPSA) is 106 Å². The number of benzene rings is 2. The lowest BCUT2D eigenvalue weighted by atomic mass is 10.3. The molecule has 0 saturated carbocycles. The van der Waals surface area contributed by atoms with Crippen molar-refractivity contribution < 1.29 is 4.92 Å². The highest BCUT2D eigenvalue weighted by Gasteiger charge is 2.12. The predicted molar refractivity (Wildman–Crippen MR) is 110 cm³/mol. The first kappa shape index (κ1) is 18.1. The van der Waals surface area contributed by atoms with Gasteiger partial charge in [0.15, 0.2) is 0 Å². The zero-order valence-corrected chi connectivity index (χ0v) is 16.0. The predicted octanol–water partition coefficient (Wildman–Crippen LogP) is 4.40. The van der Waals surface area contributed by atoms with E-state index in [1.807, 2.05) is 0 Å². The smallest absolute Gasteiger partial charge is 0.280 e. The van der Waals surface area contributed by atoms with Gasteiger partial charge in [-0.05, 0) is 37.3 Å². The van der Waals surface area contributed by atoms with Crippen LogP contribution in [-0.2, 0) is 0 Å². The molecule has 0 aliphatic rings. The van der Waals surface area contributed by atoms with Crippen molar-refractivity contribution in [1.82, 2.24) is 14.8 Å². The van der Waals surface area contributed by atoms with Crippen LogP contribution in [0.4, 0.5) is 10.8 Å². The number of aromatic nitrogens is 3. The van der Waals surface area contributed by atoms with E-state index in [-0.39, 0.29) is 11.2 Å². The van der Waals surface area contributed by atoms with E-state index in [1.165, 1.54) is 34.4 Å². The third-order valence-corrected chi connectivity index (χ3v) is 5.26. The van der Waals surface area contributed by atoms with Gasteiger partial charge in [-0.1, -0.05) is 22.9 Å². The average molecular weight is 414 g/mol. The number of thiazole rings is 1. The van der Waals surface area contributed by atoms with Crippen LogP contribution in [0, 0.1) is 17.0 Å². The van der Waals surface area contributed by atoms with Gasteiger partial charge in [0.05, 0.1) is 26.4 Å². The Morgan fingerprint density at radius 3 is 2.75 bits per heavy atom. The van der Waals surface area contributed by atoms with Crippen LogP contribution in [0.3, 0.4) is 0 Å². The molecule has 8 nitrogen and oxygen atoms in total. The highest BCUT2D eigenvalue weighted by molar-refractivity contribution is 7.22. The molecule has 10 heteroatoms. The summed E-state index contributed by atoms with van der Waals surface area (Å²) < 4.78 is 2.07. The molecule has 2 aromatic heterocycles. The Kier molecular flexibility index (Phi) is 4.54. The van der Waals surface area contributed by atoms with E-state index in [0.29, 0.717) is 37.3 Å². The number of nitrogens with zero attached hydrogens (tertiary/aromatic N) is 4. The van der Waals surface area contributed by atoms with E-state index >= 15 is 0 Å². The van der Waals surface area contributed by atoms with Gasteiger partial charge in [-0.3, -0.25) is 20.0 Å². The normalized spacial score (nSPS) is 11.5. The number of fused-ring (bicyclic) bond motifs is 1. The van der Waals surface area contributed by atoms with Crippen LogP contribution >= 0.6 is 22.9 Å². The molecule has 0 fully saturated rings. The maximum absolute atomic E-state index is 12.7. The molecule has 140 valence electrons. The second kappa shape index (κ2) is 7.02. The zero-order chi connectivity index (χ0) is 19.8. The molecule has 0 atom stereocenters. The van der Waals surface area contributed by atoms with E-state index in [2.05, 4.69) is 15.1 Å². The van der Waals surface area contributed by atoms with Crippen molar-refractivity contribution in [3.8, 4) is 5.69 Å². The van der Waals surface area contributed by atoms with Gasteiger partial charge in [0.25, 0.3) is 11.2 Å². The van der Waals surface area contributed by atoms with Gasteiger partial charge >= 0.3 is 0 Å². The summed E-state index contributed by atoms with van der Waals surface area (Å²) in [4.78, 5) is 31.8. The summed E-state index contributed by atoms with van der Waals surface area (Å²) in [5, 5.41) is 14.9. The first-order valence-corrected chi connectivity index (χ1v) is 9.28. The standard InChI is InChI=1S/C18H12ClN5O3S/c1-10-14(17(25)23(22-10)12-4-2-11(19)3-5-12)9-20-18-21-15-7-6-13(24(26)27)8-16(15)28-18/h2-9,22H,1H3/b20-9+. The first-order chi connectivity index (χ1) is 13.4. The van der Waals surface area contributed by atoms with Crippen molar-refractivity contribution in [2.45, 2.75) is 6.92 Å². The van der Waals surface area contributed by atoms with Gasteiger partial charge in [0, 0.05) is 29.1 Å². The number of hydrogen-bond acceptors (Lipinski definition) is 6. The number of halogens is 1. The summed E-state index contributed by atoms with van der Waals surface area (Å²) >= 11 is 7.11. The van der Waals surface area contributed by atoms with Crippen LogP contribution in [0.5, 0.6) is 0 Å². The molecule has 0 aliphatic carbocycles. The molecular weight excluding hydrogens is 402 g/mol. The maximum atomic E-state index is 12.7. The Labute approximate surface area is 166 Å². The minimum absolute atomic E-state index is 0.000917. The quantitative estimate of drug-likeness (QED) is 0.304. The van der Waals surface area contributed by atoms with Gasteiger partial charge in [-0.25, -0.2) is 14.7 Å². The molecule has 1 N–H and O–H groups in total. The van der Waals surface area contributed by atoms with Crippen molar-refractivity contribution >= 4 is 50.2 Å². The number of aryl methyl sites for hydroxylation is 1. The molecule has 0 spiro atoms. The molecule has 0 saturated heterocycles. The number of hydrogen-bond donors (Lipinski definition) is 1. The lowest BCUT2D eigenvalue weighted by Gasteiger charge is -2.00. The Balaban J connectivity index is 1.68. The fourth-order valence-corrected chi connectivity index (χ4v) is 3.64. The highest BCUT2D eigenvalue weighted by atomic mass is 35.5. The third kappa shape index (κ3) is 3.32. The van der Waals surface area contributed by atoms with Crippen LogP contribution in [0.2, 0.25) is 5.02 Å². The lowest BCUT2D eigenvalue weighted by Crippen LogP contribution is -2.17. The largest absolute Gasteiger partial charge is 0.295 e. The Bertz CT molecular complexity index is 1290. The highest BCUT2D eigenvalue weighted by Crippen LogP contribution is 2.30. The van der Waals surface area contributed by atoms with Crippen molar-refractivity contribution in [2.75, 3.05) is 0 Å². The minimum atomic E-state index is -0.454. The Morgan fingerprint density at radius 2 is 2.04 bits per heavy atom. The molecule has 28 heavy (non-hydrogen) atoms. The van der Waals surface area contributed by atoms with Gasteiger partial charge in [-0.15, -0.1) is 0 Å². The SMILES string of the molecule is Cc1[nH]n(-c2ccc(Cl)cc2)c(=O)c1/C=N/c1nc2ccc([N+](=O)[O-])cc2s1. The van der Waals surface area contributed by atoms with Crippen LogP contribution in [0.25, 0.3) is 15.9 Å². The van der Waals surface area contributed by atoms with Crippen molar-refractivity contribution in [1.29, 1.82) is 0 Å². The Hall–Kier alpha value is -3.30. The van der Waals surface area contributed by atoms with E-state index in [1.54, 1.807) is 37.3 Å². The van der Waals surface area contributed by atoms with Gasteiger partial charge in [0.1, 0.15) is 0 Å². The van der Waals surface area contributed by atoms with Crippen molar-refractivity contribution in [2.24, 2.45) is 4.99 Å². The first-order valence-electron chi connectivity index (χ1n) is 8.09. The molecule has 4 rings (SSSR count). The van der Waals surface area contributed by atoms with Crippen LogP contribution in [-0.4, -0.2) is 25.9 Å². The molecule has 4 aromatic rings. The number of aliphatic imine (C=N–C) groups is 1. The van der Waals surface area contributed by atoms with E-state index in [4.69, 9.17) is 11.6 Å². The van der Waals surface area contributed by atoms with Crippen LogP contribution < -0.4 is 5.56 Å². The molecule has 2 aromatic carbocycles. The van der Waals surface area contributed by atoms with E-state index in [9.17, 15) is 14.9 Å². The minimum Gasteiger partial charge on any atom is -0.295 e. The number of non-ortho nitro benzene ring substituents is 1. The van der Waals surface area contributed by atoms with Crippen molar-refractivity contribution in [3.63, 3.8) is 0 Å². The number of H-pyrrole nitrogens is 1. The van der Waals surface area contributed by atoms with Crippen LogP contribution in [0.15, 0.2) is 52.3 Å². The molecule has 0 aliphatic heterocycles. The van der Waals surface area contributed by atoms with Gasteiger partial charge in [0.2, 0.25) is 5.13 Å². The van der Waals surface area contributed by atoms with E-state index in [0.717, 1.165) is 0 Å². The summed E-state index contributed by atoms with van der Waals surface area (Å²) in [5.74, 6) is 0. The molecule has 0 unspecified atom stereocenters. The van der Waals surface area contributed by atoms with Gasteiger partial charge < -0.3 is 0 Å². The summed E-state index contributed by atoms with van der Waals surface area (Å²) in [7, 11) is 0. The number of rotatable bonds is 4.